The quantitative estimate of drug-likeness (QED) is 0.387. The first-order valence-electron chi connectivity index (χ1n) is 5.81. The molecule has 0 fully saturated rings. The molecule has 0 aliphatic carbocycles. The van der Waals surface area contributed by atoms with Gasteiger partial charge in [-0.15, -0.1) is 0 Å². The van der Waals surface area contributed by atoms with Crippen LogP contribution in [0.2, 0.25) is 0 Å². The highest BCUT2D eigenvalue weighted by molar-refractivity contribution is 5.95. The van der Waals surface area contributed by atoms with Crippen LogP contribution in [0, 0.1) is 0 Å². The van der Waals surface area contributed by atoms with Crippen molar-refractivity contribution in [3.63, 3.8) is 0 Å². The molecule has 0 saturated carbocycles. The van der Waals surface area contributed by atoms with Gasteiger partial charge in [-0.2, -0.15) is 0 Å². The van der Waals surface area contributed by atoms with Crippen LogP contribution >= 0.6 is 0 Å². The fourth-order valence-electron chi connectivity index (χ4n) is 1.34. The maximum absolute atomic E-state index is 11.7. The van der Waals surface area contributed by atoms with Gasteiger partial charge >= 0.3 is 6.03 Å². The molecule has 0 aromatic heterocycles. The first kappa shape index (κ1) is 15.4. The summed E-state index contributed by atoms with van der Waals surface area (Å²) in [5.74, 6) is -2.40. The Morgan fingerprint density at radius 3 is 2.05 bits per heavy atom. The van der Waals surface area contributed by atoms with E-state index in [0.29, 0.717) is 0 Å². The molecule has 0 unspecified atom stereocenters. The largest absolute Gasteiger partial charge is 0.504 e. The van der Waals surface area contributed by atoms with Crippen LogP contribution in [0.4, 0.5) is 4.79 Å². The highest BCUT2D eigenvalue weighted by Gasteiger charge is 2.13. The molecule has 0 aliphatic rings. The predicted octanol–water partition coefficient (Wildman–Crippen LogP) is -0.196. The van der Waals surface area contributed by atoms with Crippen molar-refractivity contribution in [3.05, 3.63) is 17.7 Å². The Morgan fingerprint density at radius 2 is 1.55 bits per heavy atom. The van der Waals surface area contributed by atoms with Crippen LogP contribution in [-0.2, 0) is 0 Å². The summed E-state index contributed by atoms with van der Waals surface area (Å²) >= 11 is 0. The second-order valence-electron chi connectivity index (χ2n) is 4.25. The predicted molar refractivity (Wildman–Crippen MR) is 70.9 cm³/mol. The summed E-state index contributed by atoms with van der Waals surface area (Å²) in [4.78, 5) is 24.3. The van der Waals surface area contributed by atoms with Crippen LogP contribution in [0.25, 0.3) is 0 Å². The van der Waals surface area contributed by atoms with Crippen molar-refractivity contribution in [1.29, 1.82) is 0 Å². The van der Waals surface area contributed by atoms with Crippen LogP contribution in [0.3, 0.4) is 0 Å². The molecule has 0 heterocycles. The topological polar surface area (TPSA) is 122 Å². The van der Waals surface area contributed by atoms with E-state index in [0.717, 1.165) is 12.1 Å². The molecule has 1 rings (SSSR count). The fraction of sp³-hybridized carbons (Fsp3) is 0.333. The third-order valence-electron chi connectivity index (χ3n) is 2.42. The number of aromatic hydroxyl groups is 3. The van der Waals surface area contributed by atoms with Crippen LogP contribution in [0.1, 0.15) is 10.4 Å². The maximum atomic E-state index is 11.7. The van der Waals surface area contributed by atoms with E-state index < -0.39 is 23.2 Å². The number of amides is 3. The monoisotopic (exact) mass is 283 g/mol. The Kier molecular flexibility index (Phi) is 5.01. The number of urea groups is 1. The van der Waals surface area contributed by atoms with Crippen molar-refractivity contribution in [2.75, 3.05) is 27.2 Å². The Hall–Kier alpha value is -2.64. The Balaban J connectivity index is 2.50. The minimum Gasteiger partial charge on any atom is -0.504 e. The zero-order chi connectivity index (χ0) is 15.3. The van der Waals surface area contributed by atoms with Crippen molar-refractivity contribution in [3.8, 4) is 17.2 Å². The molecule has 0 aliphatic heterocycles. The number of carbonyl (C=O) groups excluding carboxylic acids is 2. The Bertz CT molecular complexity index is 493. The molecule has 0 bridgehead atoms. The first-order chi connectivity index (χ1) is 9.32. The molecular formula is C12H17N3O5. The lowest BCUT2D eigenvalue weighted by Gasteiger charge is -2.12. The summed E-state index contributed by atoms with van der Waals surface area (Å²) in [6.07, 6.45) is 0. The number of nitrogens with zero attached hydrogens (tertiary/aromatic N) is 1. The number of benzene rings is 1. The summed E-state index contributed by atoms with van der Waals surface area (Å²) in [7, 11) is 3.19. The molecule has 1 aromatic carbocycles. The second-order valence-corrected chi connectivity index (χ2v) is 4.25. The highest BCUT2D eigenvalue weighted by atomic mass is 16.3. The van der Waals surface area contributed by atoms with E-state index in [2.05, 4.69) is 10.6 Å². The van der Waals surface area contributed by atoms with Gasteiger partial charge in [-0.05, 0) is 12.1 Å². The molecule has 1 aromatic rings. The molecule has 5 N–H and O–H groups in total. The number of hydrogen-bond donors (Lipinski definition) is 5. The average molecular weight is 283 g/mol. The van der Waals surface area contributed by atoms with E-state index in [1.165, 1.54) is 4.90 Å². The van der Waals surface area contributed by atoms with Crippen LogP contribution in [-0.4, -0.2) is 59.3 Å². The molecular weight excluding hydrogens is 266 g/mol. The van der Waals surface area contributed by atoms with Gasteiger partial charge in [0.05, 0.1) is 0 Å². The lowest BCUT2D eigenvalue weighted by molar-refractivity contribution is 0.0952. The molecule has 0 atom stereocenters. The maximum Gasteiger partial charge on any atom is 0.316 e. The normalized spacial score (nSPS) is 9.90. The van der Waals surface area contributed by atoms with Gasteiger partial charge in [0.15, 0.2) is 17.2 Å². The Labute approximate surface area is 115 Å². The molecule has 3 amide bonds. The van der Waals surface area contributed by atoms with Gasteiger partial charge < -0.3 is 30.9 Å². The van der Waals surface area contributed by atoms with E-state index in [1.54, 1.807) is 14.1 Å². The summed E-state index contributed by atoms with van der Waals surface area (Å²) in [5.41, 5.74) is -0.00302. The standard InChI is InChI=1S/C12H17N3O5/c1-15(2)12(20)14-4-3-13-11(19)7-5-8(16)10(18)9(17)6-7/h5-6,16-18H,3-4H2,1-2H3,(H,13,19)(H,14,20). The highest BCUT2D eigenvalue weighted by Crippen LogP contribution is 2.35. The Morgan fingerprint density at radius 1 is 1.05 bits per heavy atom. The smallest absolute Gasteiger partial charge is 0.316 e. The third-order valence-corrected chi connectivity index (χ3v) is 2.42. The van der Waals surface area contributed by atoms with Gasteiger partial charge in [0, 0.05) is 32.7 Å². The number of phenolic OH excluding ortho intramolecular Hbond substituents is 3. The van der Waals surface area contributed by atoms with Gasteiger partial charge in [0.2, 0.25) is 0 Å². The van der Waals surface area contributed by atoms with Gasteiger partial charge in [-0.3, -0.25) is 4.79 Å². The van der Waals surface area contributed by atoms with E-state index in [4.69, 9.17) is 5.11 Å². The van der Waals surface area contributed by atoms with Crippen LogP contribution in [0.15, 0.2) is 12.1 Å². The number of carbonyl (C=O) groups is 2. The van der Waals surface area contributed by atoms with E-state index in [1.807, 2.05) is 0 Å². The number of nitrogens with one attached hydrogen (secondary N) is 2. The van der Waals surface area contributed by atoms with Crippen molar-refractivity contribution < 1.29 is 24.9 Å². The van der Waals surface area contributed by atoms with E-state index in [9.17, 15) is 19.8 Å². The van der Waals surface area contributed by atoms with E-state index in [-0.39, 0.29) is 24.7 Å². The molecule has 8 nitrogen and oxygen atoms in total. The average Bonchev–Trinajstić information content (AvgIpc) is 2.39. The zero-order valence-electron chi connectivity index (χ0n) is 11.2. The molecule has 20 heavy (non-hydrogen) atoms. The zero-order valence-corrected chi connectivity index (χ0v) is 11.2. The lowest BCUT2D eigenvalue weighted by atomic mass is 10.1. The SMILES string of the molecule is CN(C)C(=O)NCCNC(=O)c1cc(O)c(O)c(O)c1. The number of hydrogen-bond acceptors (Lipinski definition) is 5. The van der Waals surface area contributed by atoms with Crippen molar-refractivity contribution in [2.45, 2.75) is 0 Å². The number of phenols is 3. The fourth-order valence-corrected chi connectivity index (χ4v) is 1.34. The first-order valence-corrected chi connectivity index (χ1v) is 5.81. The second kappa shape index (κ2) is 6.50. The van der Waals surface area contributed by atoms with Crippen LogP contribution in [0.5, 0.6) is 17.2 Å². The lowest BCUT2D eigenvalue weighted by Crippen LogP contribution is -2.39. The van der Waals surface area contributed by atoms with Gasteiger partial charge in [0.1, 0.15) is 0 Å². The summed E-state index contributed by atoms with van der Waals surface area (Å²) in [6.45, 7) is 0.416. The number of rotatable bonds is 4. The molecule has 0 radical (unpaired) electrons. The minimum absolute atomic E-state index is 0.00302. The van der Waals surface area contributed by atoms with Gasteiger partial charge in [0.25, 0.3) is 5.91 Å². The minimum atomic E-state index is -0.681. The van der Waals surface area contributed by atoms with Crippen LogP contribution < -0.4 is 10.6 Å². The summed E-state index contributed by atoms with van der Waals surface area (Å²) < 4.78 is 0. The van der Waals surface area contributed by atoms with Crippen molar-refractivity contribution >= 4 is 11.9 Å². The van der Waals surface area contributed by atoms with Gasteiger partial charge in [-0.25, -0.2) is 4.79 Å². The molecule has 8 heteroatoms. The third kappa shape index (κ3) is 3.94. The molecule has 0 spiro atoms. The van der Waals surface area contributed by atoms with Gasteiger partial charge in [-0.1, -0.05) is 0 Å². The van der Waals surface area contributed by atoms with Crippen molar-refractivity contribution in [2.24, 2.45) is 0 Å². The summed E-state index contributed by atoms with van der Waals surface area (Å²) in [6, 6.07) is 1.78. The van der Waals surface area contributed by atoms with E-state index >= 15 is 0 Å². The molecule has 0 saturated heterocycles. The molecule has 110 valence electrons. The summed E-state index contributed by atoms with van der Waals surface area (Å²) in [5, 5.41) is 32.8. The van der Waals surface area contributed by atoms with Crippen molar-refractivity contribution in [1.82, 2.24) is 15.5 Å².